The van der Waals surface area contributed by atoms with Crippen molar-refractivity contribution in [2.24, 2.45) is 17.3 Å². The number of aliphatic hydroxyl groups is 2. The van der Waals surface area contributed by atoms with E-state index in [0.717, 1.165) is 35.3 Å². The predicted molar refractivity (Wildman–Crippen MR) is 292 cm³/mol. The van der Waals surface area contributed by atoms with Gasteiger partial charge in [0.25, 0.3) is 8.32 Å². The van der Waals surface area contributed by atoms with Crippen LogP contribution in [0.4, 0.5) is 0 Å². The molecule has 9 atom stereocenters. The van der Waals surface area contributed by atoms with Gasteiger partial charge in [-0.25, -0.2) is 0 Å². The summed E-state index contributed by atoms with van der Waals surface area (Å²) in [5.41, 5.74) is 2.60. The Hall–Kier alpha value is -4.95. The average molecular weight is 1020 g/mol. The molecule has 1 saturated heterocycles. The van der Waals surface area contributed by atoms with E-state index in [-0.39, 0.29) is 42.7 Å². The largest absolute Gasteiger partial charge is 0.497 e. The topological polar surface area (TPSA) is 122 Å². The van der Waals surface area contributed by atoms with Gasteiger partial charge in [-0.2, -0.15) is 0 Å². The number of carbonyl (C=O) groups excluding carboxylic acids is 1. The number of hydrogen-bond donors (Lipinski definition) is 2. The number of hydrogen-bond acceptors (Lipinski definition) is 10. The van der Waals surface area contributed by atoms with E-state index in [0.29, 0.717) is 31.8 Å². The molecule has 0 bridgehead atoms. The van der Waals surface area contributed by atoms with Crippen molar-refractivity contribution in [2.75, 3.05) is 20.3 Å². The van der Waals surface area contributed by atoms with Crippen molar-refractivity contribution in [1.82, 2.24) is 0 Å². The Morgan fingerprint density at radius 2 is 1.21 bits per heavy atom. The SMILES string of the molecule is C=C(C[C@H](O)[C@@H](C)[C@@H](CCCCO[Si](c1ccccc1)(c1ccccc1)C(C)(C)C)OCc1ccc(OC)cc1)[C@@H](O)[C@@H]1O[C@H](COC(=O)C(C)(C)C)[C@@H](OCc2ccccc2)[C@H](OCc2ccccc2)[C@H]1C. The summed E-state index contributed by atoms with van der Waals surface area (Å²) in [4.78, 5) is 13.2. The Labute approximate surface area is 437 Å². The molecule has 0 saturated carbocycles. The highest BCUT2D eigenvalue weighted by atomic mass is 28.4. The second-order valence-electron chi connectivity index (χ2n) is 21.8. The second-order valence-corrected chi connectivity index (χ2v) is 26.1. The maximum Gasteiger partial charge on any atom is 0.311 e. The van der Waals surface area contributed by atoms with Crippen LogP contribution >= 0.6 is 0 Å². The van der Waals surface area contributed by atoms with Gasteiger partial charge in [0.2, 0.25) is 0 Å². The van der Waals surface area contributed by atoms with Crippen LogP contribution in [0, 0.1) is 17.3 Å². The third-order valence-corrected chi connectivity index (χ3v) is 19.3. The predicted octanol–water partition coefficient (Wildman–Crippen LogP) is 10.8. The van der Waals surface area contributed by atoms with Gasteiger partial charge in [-0.05, 0) is 96.3 Å². The van der Waals surface area contributed by atoms with Crippen LogP contribution < -0.4 is 15.1 Å². The monoisotopic (exact) mass is 1010 g/mol. The summed E-state index contributed by atoms with van der Waals surface area (Å²) in [6, 6.07) is 48.9. The zero-order valence-electron chi connectivity index (χ0n) is 44.8. The van der Waals surface area contributed by atoms with Crippen LogP contribution in [-0.2, 0) is 52.7 Å². The molecule has 0 spiro atoms. The third kappa shape index (κ3) is 15.6. The number of rotatable bonds is 26. The summed E-state index contributed by atoms with van der Waals surface area (Å²) in [6.07, 6.45) is -2.93. The molecule has 0 amide bonds. The summed E-state index contributed by atoms with van der Waals surface area (Å²) in [6.45, 7) is 22.0. The lowest BCUT2D eigenvalue weighted by atomic mass is 9.81. The fourth-order valence-corrected chi connectivity index (χ4v) is 14.5. The van der Waals surface area contributed by atoms with Crippen LogP contribution in [-0.4, -0.2) is 87.6 Å². The van der Waals surface area contributed by atoms with E-state index in [1.54, 1.807) is 27.9 Å². The quantitative estimate of drug-likeness (QED) is 0.0240. The Kier molecular flexibility index (Phi) is 21.2. The Morgan fingerprint density at radius 1 is 0.699 bits per heavy atom. The molecule has 1 aliphatic heterocycles. The highest BCUT2D eigenvalue weighted by Gasteiger charge is 2.51. The molecule has 0 aliphatic carbocycles. The Bertz CT molecular complexity index is 2350. The Balaban J connectivity index is 1.18. The molecule has 11 heteroatoms. The van der Waals surface area contributed by atoms with Crippen LogP contribution in [0.15, 0.2) is 158 Å². The first-order valence-electron chi connectivity index (χ1n) is 26.1. The van der Waals surface area contributed by atoms with Gasteiger partial charge in [0.05, 0.1) is 56.8 Å². The molecule has 1 aliphatic rings. The molecule has 2 N–H and O–H groups in total. The molecule has 6 rings (SSSR count). The smallest absolute Gasteiger partial charge is 0.311 e. The first kappa shape index (κ1) is 57.3. The number of ether oxygens (including phenoxy) is 6. The van der Waals surface area contributed by atoms with E-state index in [9.17, 15) is 15.0 Å². The molecule has 5 aromatic carbocycles. The van der Waals surface area contributed by atoms with Gasteiger partial charge >= 0.3 is 5.97 Å². The van der Waals surface area contributed by atoms with Gasteiger partial charge < -0.3 is 43.1 Å². The third-order valence-electron chi connectivity index (χ3n) is 14.3. The van der Waals surface area contributed by atoms with Gasteiger partial charge in [0.15, 0.2) is 0 Å². The standard InChI is InChI=1S/C62H82O10Si/c1-44(56(64)57-46(3)58(68-41-47-25-15-11-16-26-47)59(69-42-48-27-17-12-18-28-48)55(72-57)43-70-60(65)61(4,5)6)39-53(63)45(2)54(67-40-49-34-36-50(66-10)37-35-49)33-23-24-38-71-73(62(7,8)9,51-29-19-13-20-30-51)52-31-21-14-22-32-52/h11-22,25-32,34-37,45-46,53-59,63-64H,1,23-24,33,38-43H2,2-10H3/t45-,46+,53+,54-,55-,56-,57-,58-,59-/m1/s1. The zero-order chi connectivity index (χ0) is 52.6. The van der Waals surface area contributed by atoms with E-state index >= 15 is 0 Å². The number of aliphatic hydroxyl groups excluding tert-OH is 2. The molecule has 0 radical (unpaired) electrons. The minimum Gasteiger partial charge on any atom is -0.497 e. The van der Waals surface area contributed by atoms with Gasteiger partial charge in [-0.3, -0.25) is 4.79 Å². The van der Waals surface area contributed by atoms with Crippen LogP contribution in [0.5, 0.6) is 5.75 Å². The molecule has 1 fully saturated rings. The van der Waals surface area contributed by atoms with Gasteiger partial charge in [0.1, 0.15) is 30.7 Å². The summed E-state index contributed by atoms with van der Waals surface area (Å²) in [5, 5.41) is 26.8. The van der Waals surface area contributed by atoms with Crippen molar-refractivity contribution >= 4 is 24.7 Å². The minimum absolute atomic E-state index is 0.0986. The molecule has 5 aromatic rings. The first-order chi connectivity index (χ1) is 34.9. The fraction of sp³-hybridized carbons (Fsp3) is 0.468. The van der Waals surface area contributed by atoms with Crippen LogP contribution in [0.1, 0.15) is 97.8 Å². The van der Waals surface area contributed by atoms with E-state index in [2.05, 4.69) is 88.0 Å². The Morgan fingerprint density at radius 3 is 1.71 bits per heavy atom. The zero-order valence-corrected chi connectivity index (χ0v) is 45.8. The molecule has 394 valence electrons. The maximum atomic E-state index is 13.2. The van der Waals surface area contributed by atoms with E-state index in [1.807, 2.05) is 98.8 Å². The first-order valence-corrected chi connectivity index (χ1v) is 28.0. The highest BCUT2D eigenvalue weighted by Crippen LogP contribution is 2.38. The van der Waals surface area contributed by atoms with Crippen molar-refractivity contribution < 1.29 is 47.9 Å². The molecule has 0 unspecified atom stereocenters. The highest BCUT2D eigenvalue weighted by molar-refractivity contribution is 6.99. The normalized spacial score (nSPS) is 20.1. The summed E-state index contributed by atoms with van der Waals surface area (Å²) in [7, 11) is -1.07. The second kappa shape index (κ2) is 27.0. The van der Waals surface area contributed by atoms with Crippen LogP contribution in [0.2, 0.25) is 5.04 Å². The van der Waals surface area contributed by atoms with E-state index < -0.39 is 56.3 Å². The summed E-state index contributed by atoms with van der Waals surface area (Å²) >= 11 is 0. The lowest BCUT2D eigenvalue weighted by Crippen LogP contribution is -2.66. The molecule has 1 heterocycles. The number of methoxy groups -OCH3 is 1. The summed E-state index contributed by atoms with van der Waals surface area (Å²) in [5.74, 6) is -0.369. The van der Waals surface area contributed by atoms with Gasteiger partial charge in [-0.1, -0.05) is 175 Å². The van der Waals surface area contributed by atoms with Crippen molar-refractivity contribution in [2.45, 2.75) is 149 Å². The number of esters is 1. The molecule has 0 aromatic heterocycles. The lowest BCUT2D eigenvalue weighted by molar-refractivity contribution is -0.254. The molecule has 73 heavy (non-hydrogen) atoms. The number of unbranched alkanes of at least 4 members (excludes halogenated alkanes) is 1. The van der Waals surface area contributed by atoms with Crippen molar-refractivity contribution in [1.29, 1.82) is 0 Å². The maximum absolute atomic E-state index is 13.2. The number of carbonyl (C=O) groups is 1. The molecular weight excluding hydrogens is 933 g/mol. The lowest BCUT2D eigenvalue weighted by Gasteiger charge is -2.47. The van der Waals surface area contributed by atoms with Crippen molar-refractivity contribution in [3.8, 4) is 5.75 Å². The van der Waals surface area contributed by atoms with E-state index in [1.165, 1.54) is 10.4 Å². The molecule has 10 nitrogen and oxygen atoms in total. The summed E-state index contributed by atoms with van der Waals surface area (Å²) < 4.78 is 45.4. The minimum atomic E-state index is -2.71. The van der Waals surface area contributed by atoms with Gasteiger partial charge in [-0.15, -0.1) is 0 Å². The van der Waals surface area contributed by atoms with E-state index in [4.69, 9.17) is 32.8 Å². The van der Waals surface area contributed by atoms with Crippen molar-refractivity contribution in [3.05, 3.63) is 174 Å². The van der Waals surface area contributed by atoms with Crippen LogP contribution in [0.25, 0.3) is 0 Å². The average Bonchev–Trinajstić information content (AvgIpc) is 3.39. The van der Waals surface area contributed by atoms with Crippen LogP contribution in [0.3, 0.4) is 0 Å². The fourth-order valence-electron chi connectivity index (χ4n) is 9.87. The van der Waals surface area contributed by atoms with Crippen molar-refractivity contribution in [3.63, 3.8) is 0 Å². The molecular formula is C62H82O10Si. The van der Waals surface area contributed by atoms with Gasteiger partial charge in [0, 0.05) is 18.4 Å². The number of benzene rings is 5.